The second kappa shape index (κ2) is 3.97. The van der Waals surface area contributed by atoms with Gasteiger partial charge in [-0.2, -0.15) is 13.5 Å². The van der Waals surface area contributed by atoms with Crippen LogP contribution in [0.25, 0.3) is 0 Å². The summed E-state index contributed by atoms with van der Waals surface area (Å²) in [5.74, 6) is 0. The molecule has 1 aliphatic carbocycles. The summed E-state index contributed by atoms with van der Waals surface area (Å²) in [6.45, 7) is 0. The van der Waals surface area contributed by atoms with Crippen LogP contribution in [-0.2, 0) is 12.8 Å². The molecule has 0 saturated heterocycles. The summed E-state index contributed by atoms with van der Waals surface area (Å²) < 4.78 is 0. The second-order valence-corrected chi connectivity index (χ2v) is 3.16. The smallest absolute Gasteiger partial charge is 0.0145 e. The van der Waals surface area contributed by atoms with Gasteiger partial charge in [-0.05, 0) is 31.0 Å². The highest BCUT2D eigenvalue weighted by atomic mass is 32.1. The van der Waals surface area contributed by atoms with Gasteiger partial charge in [0.05, 0.1) is 0 Å². The molecular formula is C10H17NS. The molecule has 1 aliphatic rings. The lowest BCUT2D eigenvalue weighted by Crippen LogP contribution is -2.24. The van der Waals surface area contributed by atoms with Crippen LogP contribution in [-0.4, -0.2) is 13.1 Å². The summed E-state index contributed by atoms with van der Waals surface area (Å²) in [7, 11) is 2.04. The van der Waals surface area contributed by atoms with Crippen molar-refractivity contribution in [1.82, 2.24) is 5.32 Å². The predicted molar refractivity (Wildman–Crippen MR) is 59.2 cm³/mol. The lowest BCUT2D eigenvalue weighted by atomic mass is 10.1. The number of hydrogen-bond donors (Lipinski definition) is 1. The minimum atomic E-state index is 0. The second-order valence-electron chi connectivity index (χ2n) is 3.16. The summed E-state index contributed by atoms with van der Waals surface area (Å²) in [6.07, 6.45) is 2.40. The SMILES string of the molecule is CNC1Cc2ccccc2C1.S.[HH]. The third-order valence-electron chi connectivity index (χ3n) is 2.46. The summed E-state index contributed by atoms with van der Waals surface area (Å²) in [4.78, 5) is 0. The summed E-state index contributed by atoms with van der Waals surface area (Å²) in [6, 6.07) is 9.38. The maximum absolute atomic E-state index is 3.31. The molecule has 1 nitrogen and oxygen atoms in total. The maximum atomic E-state index is 3.31. The van der Waals surface area contributed by atoms with E-state index in [0.717, 1.165) is 0 Å². The first-order chi connectivity index (χ1) is 5.40. The van der Waals surface area contributed by atoms with Gasteiger partial charge in [0, 0.05) is 7.47 Å². The van der Waals surface area contributed by atoms with Crippen LogP contribution in [0.1, 0.15) is 12.6 Å². The topological polar surface area (TPSA) is 12.0 Å². The molecular weight excluding hydrogens is 166 g/mol. The first kappa shape index (κ1) is 9.62. The molecule has 0 aliphatic heterocycles. The molecule has 0 aromatic heterocycles. The van der Waals surface area contributed by atoms with E-state index in [4.69, 9.17) is 0 Å². The lowest BCUT2D eigenvalue weighted by Gasteiger charge is -2.04. The lowest BCUT2D eigenvalue weighted by molar-refractivity contribution is 0.593. The number of benzene rings is 1. The average Bonchev–Trinajstić information content (AvgIpc) is 2.46. The molecule has 1 aromatic rings. The standard InChI is InChI=1S/C10H13N.H2S.H2/c1-11-10-6-8-4-2-3-5-9(8)7-10;;/h2-5,10-11H,6-7H2,1H3;1H2;1H. The van der Waals surface area contributed by atoms with E-state index in [1.165, 1.54) is 24.0 Å². The highest BCUT2D eigenvalue weighted by molar-refractivity contribution is 7.59. The van der Waals surface area contributed by atoms with Crippen molar-refractivity contribution in [1.29, 1.82) is 0 Å². The molecule has 0 atom stereocenters. The van der Waals surface area contributed by atoms with Gasteiger partial charge in [-0.3, -0.25) is 0 Å². The van der Waals surface area contributed by atoms with Crippen LogP contribution >= 0.6 is 13.5 Å². The first-order valence-electron chi connectivity index (χ1n) is 4.14. The van der Waals surface area contributed by atoms with Crippen molar-refractivity contribution in [3.63, 3.8) is 0 Å². The van der Waals surface area contributed by atoms with Gasteiger partial charge in [-0.25, -0.2) is 0 Å². The van der Waals surface area contributed by atoms with E-state index >= 15 is 0 Å². The number of fused-ring (bicyclic) bond motifs is 1. The summed E-state index contributed by atoms with van der Waals surface area (Å²) in [5, 5.41) is 3.31. The monoisotopic (exact) mass is 183 g/mol. The Morgan fingerprint density at radius 2 is 1.75 bits per heavy atom. The first-order valence-corrected chi connectivity index (χ1v) is 4.14. The minimum Gasteiger partial charge on any atom is -0.316 e. The van der Waals surface area contributed by atoms with Crippen LogP contribution in [0.4, 0.5) is 0 Å². The van der Waals surface area contributed by atoms with E-state index in [-0.39, 0.29) is 14.9 Å². The fourth-order valence-corrected chi connectivity index (χ4v) is 1.76. The molecule has 0 saturated carbocycles. The Bertz CT molecular complexity index is 240. The average molecular weight is 183 g/mol. The van der Waals surface area contributed by atoms with Gasteiger partial charge in [0.1, 0.15) is 0 Å². The zero-order valence-corrected chi connectivity index (χ0v) is 8.30. The number of hydrogen-bond acceptors (Lipinski definition) is 1. The third-order valence-corrected chi connectivity index (χ3v) is 2.46. The van der Waals surface area contributed by atoms with Crippen molar-refractivity contribution < 1.29 is 1.43 Å². The molecule has 0 unspecified atom stereocenters. The van der Waals surface area contributed by atoms with E-state index in [1.807, 2.05) is 7.05 Å². The van der Waals surface area contributed by atoms with Crippen LogP contribution in [0.3, 0.4) is 0 Å². The van der Waals surface area contributed by atoms with E-state index in [9.17, 15) is 0 Å². The van der Waals surface area contributed by atoms with Gasteiger partial charge >= 0.3 is 0 Å². The Morgan fingerprint density at radius 3 is 2.17 bits per heavy atom. The van der Waals surface area contributed by atoms with Gasteiger partial charge in [-0.15, -0.1) is 0 Å². The number of nitrogens with one attached hydrogen (secondary N) is 1. The molecule has 2 heteroatoms. The van der Waals surface area contributed by atoms with Gasteiger partial charge in [0.2, 0.25) is 0 Å². The molecule has 0 bridgehead atoms. The zero-order chi connectivity index (χ0) is 7.68. The van der Waals surface area contributed by atoms with E-state index in [0.29, 0.717) is 6.04 Å². The largest absolute Gasteiger partial charge is 0.316 e. The van der Waals surface area contributed by atoms with E-state index in [2.05, 4.69) is 29.6 Å². The van der Waals surface area contributed by atoms with Gasteiger partial charge in [-0.1, -0.05) is 24.3 Å². The van der Waals surface area contributed by atoms with Crippen molar-refractivity contribution in [3.05, 3.63) is 35.4 Å². The summed E-state index contributed by atoms with van der Waals surface area (Å²) in [5.41, 5.74) is 3.04. The van der Waals surface area contributed by atoms with Crippen molar-refractivity contribution in [2.24, 2.45) is 0 Å². The van der Waals surface area contributed by atoms with Crippen molar-refractivity contribution in [3.8, 4) is 0 Å². The van der Waals surface area contributed by atoms with Crippen molar-refractivity contribution in [2.75, 3.05) is 7.05 Å². The highest BCUT2D eigenvalue weighted by Crippen LogP contribution is 2.20. The summed E-state index contributed by atoms with van der Waals surface area (Å²) >= 11 is 0. The molecule has 2 rings (SSSR count). The van der Waals surface area contributed by atoms with Crippen molar-refractivity contribution >= 4 is 13.5 Å². The normalized spacial score (nSPS) is 15.4. The van der Waals surface area contributed by atoms with E-state index in [1.54, 1.807) is 0 Å². The molecule has 0 heterocycles. The maximum Gasteiger partial charge on any atom is 0.0145 e. The molecule has 0 radical (unpaired) electrons. The van der Waals surface area contributed by atoms with Crippen LogP contribution in [0.15, 0.2) is 24.3 Å². The van der Waals surface area contributed by atoms with Gasteiger partial charge in [0.15, 0.2) is 0 Å². The molecule has 0 spiro atoms. The molecule has 1 N–H and O–H groups in total. The zero-order valence-electron chi connectivity index (χ0n) is 7.30. The van der Waals surface area contributed by atoms with Crippen LogP contribution in [0, 0.1) is 0 Å². The Morgan fingerprint density at radius 1 is 1.25 bits per heavy atom. The third kappa shape index (κ3) is 1.65. The van der Waals surface area contributed by atoms with Crippen molar-refractivity contribution in [2.45, 2.75) is 18.9 Å². The fourth-order valence-electron chi connectivity index (χ4n) is 1.76. The molecule has 0 amide bonds. The van der Waals surface area contributed by atoms with Gasteiger partial charge < -0.3 is 5.32 Å². The minimum absolute atomic E-state index is 0. The number of likely N-dealkylation sites (N-methyl/N-ethyl adjacent to an activating group) is 1. The Labute approximate surface area is 82.1 Å². The number of rotatable bonds is 1. The fraction of sp³-hybridized carbons (Fsp3) is 0.400. The predicted octanol–water partition coefficient (Wildman–Crippen LogP) is 1.73. The Kier molecular flexibility index (Phi) is 3.18. The molecule has 68 valence electrons. The highest BCUT2D eigenvalue weighted by Gasteiger charge is 2.18. The van der Waals surface area contributed by atoms with Gasteiger partial charge in [0.25, 0.3) is 0 Å². The van der Waals surface area contributed by atoms with Crippen LogP contribution < -0.4 is 5.32 Å². The quantitative estimate of drug-likeness (QED) is 0.699. The molecule has 0 fully saturated rings. The molecule has 12 heavy (non-hydrogen) atoms. The molecule has 1 aromatic carbocycles. The van der Waals surface area contributed by atoms with Crippen LogP contribution in [0.2, 0.25) is 0 Å². The Hall–Kier alpha value is -0.470. The van der Waals surface area contributed by atoms with E-state index < -0.39 is 0 Å². The van der Waals surface area contributed by atoms with Crippen LogP contribution in [0.5, 0.6) is 0 Å². The Balaban J connectivity index is 0.000000720.